The molecule has 1 aliphatic heterocycles. The normalized spacial score (nSPS) is 15.8. The molecule has 0 atom stereocenters. The van der Waals surface area contributed by atoms with E-state index < -0.39 is 16.2 Å². The average molecular weight is 533 g/mol. The molecule has 1 rings (SSSR count). The van der Waals surface area contributed by atoms with Crippen molar-refractivity contribution < 1.29 is 55.3 Å². The largest absolute Gasteiger partial charge is 2.00 e. The monoisotopic (exact) mass is 530 g/mol. The van der Waals surface area contributed by atoms with Crippen LogP contribution in [0.25, 0.3) is 0 Å². The molecular formula is C10H25Cl5N4NiO6. The van der Waals surface area contributed by atoms with Crippen molar-refractivity contribution in [2.45, 2.75) is 0 Å². The molecule has 10 nitrogen and oxygen atoms in total. The summed E-state index contributed by atoms with van der Waals surface area (Å²) in [5.74, 6) is -1.01. The molecule has 1 aliphatic rings. The van der Waals surface area contributed by atoms with Gasteiger partial charge in [-0.1, -0.05) is 0 Å². The number of nitrogens with zero attached hydrogens (tertiary/aromatic N) is 1. The predicted octanol–water partition coefficient (Wildman–Crippen LogP) is -6.25. The summed E-state index contributed by atoms with van der Waals surface area (Å²) in [5.41, 5.74) is 0. The number of carbonyl (C=O) groups excluding carboxylic acids is 1. The van der Waals surface area contributed by atoms with E-state index in [1.165, 1.54) is 0 Å². The van der Waals surface area contributed by atoms with Crippen LogP contribution in [0.2, 0.25) is 0 Å². The van der Waals surface area contributed by atoms with Crippen molar-refractivity contribution in [1.29, 1.82) is 0 Å². The number of halogens is 5. The van der Waals surface area contributed by atoms with Crippen molar-refractivity contribution in [3.8, 4) is 0 Å². The third kappa shape index (κ3) is 40.0. The van der Waals surface area contributed by atoms with Crippen LogP contribution in [0.4, 0.5) is 0 Å². The van der Waals surface area contributed by atoms with Gasteiger partial charge in [-0.25, -0.2) is 18.6 Å². The number of hydrogen-bond donors (Lipinski definition) is 3. The Hall–Kier alpha value is 1.09. The summed E-state index contributed by atoms with van der Waals surface area (Å²) in [6, 6.07) is 0. The van der Waals surface area contributed by atoms with E-state index in [2.05, 4.69) is 16.0 Å². The van der Waals surface area contributed by atoms with E-state index in [-0.39, 0.29) is 72.7 Å². The quantitative estimate of drug-likeness (QED) is 0.290. The Morgan fingerprint density at radius 1 is 0.769 bits per heavy atom. The van der Waals surface area contributed by atoms with Crippen LogP contribution in [0.5, 0.6) is 0 Å². The van der Waals surface area contributed by atoms with Gasteiger partial charge in [-0.15, -0.1) is 59.9 Å². The molecule has 26 heavy (non-hydrogen) atoms. The van der Waals surface area contributed by atoms with Crippen LogP contribution in [-0.4, -0.2) is 69.8 Å². The van der Waals surface area contributed by atoms with Crippen LogP contribution < -0.4 is 39.7 Å². The Labute approximate surface area is 190 Å². The zero-order valence-electron chi connectivity index (χ0n) is 13.6. The second kappa shape index (κ2) is 26.1. The average Bonchev–Trinajstić information content (AvgIpc) is 2.30. The number of carbonyl (C=O) groups is 1. The number of hydrogen-bond acceptors (Lipinski definition) is 10. The Morgan fingerprint density at radius 2 is 1.04 bits per heavy atom. The van der Waals surface area contributed by atoms with E-state index in [1.807, 2.05) is 4.90 Å². The third-order valence-electron chi connectivity index (χ3n) is 2.52. The summed E-state index contributed by atoms with van der Waals surface area (Å²) >= 11 is 0. The van der Waals surface area contributed by atoms with Crippen LogP contribution in [-0.2, 0) is 21.3 Å². The van der Waals surface area contributed by atoms with Gasteiger partial charge in [-0.2, -0.15) is 0 Å². The van der Waals surface area contributed by atoms with Crippen molar-refractivity contribution in [3.63, 3.8) is 0 Å². The molecule has 0 aliphatic carbocycles. The molecule has 0 unspecified atom stereocenters. The van der Waals surface area contributed by atoms with E-state index in [0.29, 0.717) is 0 Å². The van der Waals surface area contributed by atoms with E-state index in [0.717, 1.165) is 52.4 Å². The first-order valence-electron chi connectivity index (χ1n) is 6.45. The molecule has 1 saturated heterocycles. The first kappa shape index (κ1) is 41.5. The van der Waals surface area contributed by atoms with Gasteiger partial charge in [-0.3, -0.25) is 4.90 Å². The van der Waals surface area contributed by atoms with Gasteiger partial charge in [-0.05, 0) is 0 Å². The minimum absolute atomic E-state index is 0. The Balaban J connectivity index is -0.0000000895. The van der Waals surface area contributed by atoms with E-state index in [9.17, 15) is 9.90 Å². The van der Waals surface area contributed by atoms with Crippen LogP contribution >= 0.6 is 49.6 Å². The number of carboxylic acids is 1. The van der Waals surface area contributed by atoms with E-state index in [4.69, 9.17) is 18.6 Å². The molecule has 1 fully saturated rings. The number of carboxylic acid groups (broad SMARTS) is 1. The van der Waals surface area contributed by atoms with Crippen molar-refractivity contribution in [2.24, 2.45) is 0 Å². The molecule has 3 N–H and O–H groups in total. The molecule has 0 bridgehead atoms. The van der Waals surface area contributed by atoms with Gasteiger partial charge in [0.05, 0.1) is 5.97 Å². The Bertz CT molecular complexity index is 279. The van der Waals surface area contributed by atoms with Crippen LogP contribution in [0.3, 0.4) is 0 Å². The Morgan fingerprint density at radius 3 is 1.31 bits per heavy atom. The molecule has 0 amide bonds. The second-order valence-electron chi connectivity index (χ2n) is 4.28. The topological polar surface area (TPSA) is 172 Å². The molecule has 0 aromatic heterocycles. The molecule has 1 heterocycles. The van der Waals surface area contributed by atoms with E-state index in [1.54, 1.807) is 0 Å². The van der Waals surface area contributed by atoms with E-state index >= 15 is 0 Å². The fourth-order valence-electron chi connectivity index (χ4n) is 1.66. The number of nitrogens with one attached hydrogen (secondary N) is 3. The maximum absolute atomic E-state index is 10.5. The van der Waals surface area contributed by atoms with Crippen molar-refractivity contribution in [2.75, 3.05) is 58.9 Å². The van der Waals surface area contributed by atoms with Gasteiger partial charge >= 0.3 is 16.5 Å². The van der Waals surface area contributed by atoms with Crippen LogP contribution in [0.1, 0.15) is 0 Å². The van der Waals surface area contributed by atoms with Crippen molar-refractivity contribution in [1.82, 2.24) is 20.9 Å². The predicted molar refractivity (Wildman–Crippen MR) is 89.0 cm³/mol. The third-order valence-corrected chi connectivity index (χ3v) is 2.52. The summed E-state index contributed by atoms with van der Waals surface area (Å²) in [6.07, 6.45) is 0. The minimum atomic E-state index is -4.94. The summed E-state index contributed by atoms with van der Waals surface area (Å²) in [6.45, 7) is 6.86. The zero-order valence-corrected chi connectivity index (χ0v) is 18.6. The summed E-state index contributed by atoms with van der Waals surface area (Å²) in [7, 11) is -4.94. The summed E-state index contributed by atoms with van der Waals surface area (Å²) in [5, 5.41) is 20.4. The maximum Gasteiger partial charge on any atom is 2.00 e. The van der Waals surface area contributed by atoms with Crippen LogP contribution in [0, 0.1) is 10.2 Å². The SMILES string of the molecule is Cl.Cl.Cl.Cl.O=C([O-])CN1CCNCCNCCNCC1.[Ni+2].[O-][Cl+3]([O-])([O-])[O-]. The van der Waals surface area contributed by atoms with Crippen LogP contribution in [0.15, 0.2) is 0 Å². The van der Waals surface area contributed by atoms with Crippen molar-refractivity contribution >= 4 is 55.6 Å². The number of rotatable bonds is 2. The molecule has 0 spiro atoms. The smallest absolute Gasteiger partial charge is 0.549 e. The molecule has 0 aromatic carbocycles. The van der Waals surface area contributed by atoms with Gasteiger partial charge in [0.15, 0.2) is 0 Å². The van der Waals surface area contributed by atoms with Gasteiger partial charge in [0.25, 0.3) is 0 Å². The fraction of sp³-hybridized carbons (Fsp3) is 0.900. The standard InChI is InChI=1S/C10H22N4O2.ClHO4.4ClH.Ni/c15-10(16)9-14-7-5-12-3-1-11-2-4-13-6-8-14;2-1(3,4)5;;;;;/h11-13H,1-9H2,(H,15,16);(H,2,3,4,5);4*1H;/q;;;;;;+2/p-2. The molecule has 0 radical (unpaired) electrons. The molecule has 16 heteroatoms. The van der Waals surface area contributed by atoms with Gasteiger partial charge in [0, 0.05) is 58.9 Å². The van der Waals surface area contributed by atoms with Crippen molar-refractivity contribution in [3.05, 3.63) is 0 Å². The fourth-order valence-corrected chi connectivity index (χ4v) is 1.66. The van der Waals surface area contributed by atoms with Gasteiger partial charge in [0.1, 0.15) is 0 Å². The zero-order chi connectivity index (χ0) is 16.1. The maximum atomic E-state index is 10.5. The molecule has 166 valence electrons. The minimum Gasteiger partial charge on any atom is -0.549 e. The second-order valence-corrected chi connectivity index (χ2v) is 5.03. The molecule has 0 saturated carbocycles. The molecule has 0 aromatic rings. The summed E-state index contributed by atoms with van der Waals surface area (Å²) in [4.78, 5) is 12.4. The first-order chi connectivity index (χ1) is 9.79. The Kier molecular flexibility index (Phi) is 41.6. The summed E-state index contributed by atoms with van der Waals surface area (Å²) < 4.78 is 34.0. The molecular weight excluding hydrogens is 508 g/mol. The number of aliphatic carboxylic acids is 1. The van der Waals surface area contributed by atoms with Gasteiger partial charge in [0.2, 0.25) is 0 Å². The first-order valence-corrected chi connectivity index (χ1v) is 7.68. The van der Waals surface area contributed by atoms with Gasteiger partial charge < -0.3 is 25.9 Å².